The van der Waals surface area contributed by atoms with E-state index < -0.39 is 0 Å². The Hall–Kier alpha value is -1.76. The minimum atomic E-state index is 0.651. The molecule has 2 aromatic rings. The van der Waals surface area contributed by atoms with Gasteiger partial charge in [0.05, 0.1) is 7.11 Å². The van der Waals surface area contributed by atoms with Gasteiger partial charge in [0.2, 0.25) is 0 Å². The summed E-state index contributed by atoms with van der Waals surface area (Å²) in [6.07, 6.45) is 1.28. The van der Waals surface area contributed by atoms with Crippen molar-refractivity contribution in [1.82, 2.24) is 0 Å². The van der Waals surface area contributed by atoms with Gasteiger partial charge in [-0.2, -0.15) is 0 Å². The molecule has 20 heavy (non-hydrogen) atoms. The van der Waals surface area contributed by atoms with E-state index in [2.05, 4.69) is 62.4 Å². The van der Waals surface area contributed by atoms with Crippen LogP contribution in [-0.4, -0.2) is 7.11 Å². The molecular weight excluding hydrogens is 244 g/mol. The molecule has 0 heterocycles. The van der Waals surface area contributed by atoms with Gasteiger partial charge in [0, 0.05) is 0 Å². The fraction of sp³-hybridized carbons (Fsp3) is 0.368. The summed E-state index contributed by atoms with van der Waals surface area (Å²) < 4.78 is 5.25. The van der Waals surface area contributed by atoms with Crippen molar-refractivity contribution < 1.29 is 4.74 Å². The molecular formula is C19H22O. The summed E-state index contributed by atoms with van der Waals surface area (Å²) in [5.74, 6) is 3.01. The van der Waals surface area contributed by atoms with E-state index in [4.69, 9.17) is 4.74 Å². The summed E-state index contributed by atoms with van der Waals surface area (Å²) in [7, 11) is 1.72. The minimum Gasteiger partial charge on any atom is -0.497 e. The van der Waals surface area contributed by atoms with E-state index in [9.17, 15) is 0 Å². The number of hydrogen-bond donors (Lipinski definition) is 0. The van der Waals surface area contributed by atoms with E-state index in [1.165, 1.54) is 23.1 Å². The van der Waals surface area contributed by atoms with Gasteiger partial charge in [-0.15, -0.1) is 0 Å². The molecule has 1 aliphatic carbocycles. The van der Waals surface area contributed by atoms with Crippen molar-refractivity contribution in [3.63, 3.8) is 0 Å². The second-order valence-corrected chi connectivity index (χ2v) is 6.03. The highest BCUT2D eigenvalue weighted by atomic mass is 16.5. The second-order valence-electron chi connectivity index (χ2n) is 6.03. The molecule has 1 aliphatic rings. The zero-order valence-corrected chi connectivity index (χ0v) is 12.5. The Morgan fingerprint density at radius 2 is 1.50 bits per heavy atom. The Bertz CT molecular complexity index is 568. The van der Waals surface area contributed by atoms with Crippen LogP contribution in [0.3, 0.4) is 0 Å². The third-order valence-corrected chi connectivity index (χ3v) is 4.68. The predicted octanol–water partition coefficient (Wildman–Crippen LogP) is 4.91. The third-order valence-electron chi connectivity index (χ3n) is 4.68. The van der Waals surface area contributed by atoms with Crippen molar-refractivity contribution in [2.24, 2.45) is 5.92 Å². The van der Waals surface area contributed by atoms with Crippen LogP contribution in [0, 0.1) is 12.8 Å². The summed E-state index contributed by atoms with van der Waals surface area (Å²) in [5.41, 5.74) is 4.26. The van der Waals surface area contributed by atoms with E-state index in [1.54, 1.807) is 7.11 Å². The molecule has 0 saturated heterocycles. The van der Waals surface area contributed by atoms with E-state index in [0.717, 1.165) is 11.7 Å². The average molecular weight is 266 g/mol. The SMILES string of the molecule is COc1ccc(C2CC(C)C2c2ccc(C)cc2)cc1. The summed E-state index contributed by atoms with van der Waals surface area (Å²) in [6.45, 7) is 4.51. The molecule has 1 saturated carbocycles. The zero-order chi connectivity index (χ0) is 14.1. The van der Waals surface area contributed by atoms with Gasteiger partial charge in [-0.3, -0.25) is 0 Å². The molecule has 0 spiro atoms. The van der Waals surface area contributed by atoms with Gasteiger partial charge in [-0.25, -0.2) is 0 Å². The molecule has 1 fully saturated rings. The van der Waals surface area contributed by atoms with Gasteiger partial charge in [-0.1, -0.05) is 48.9 Å². The number of benzene rings is 2. The number of aryl methyl sites for hydroxylation is 1. The largest absolute Gasteiger partial charge is 0.497 e. The summed E-state index contributed by atoms with van der Waals surface area (Å²) >= 11 is 0. The van der Waals surface area contributed by atoms with Crippen LogP contribution in [0.15, 0.2) is 48.5 Å². The quantitative estimate of drug-likeness (QED) is 0.767. The van der Waals surface area contributed by atoms with E-state index in [-0.39, 0.29) is 0 Å². The van der Waals surface area contributed by atoms with Crippen LogP contribution in [0.4, 0.5) is 0 Å². The molecule has 3 rings (SSSR count). The van der Waals surface area contributed by atoms with Crippen molar-refractivity contribution in [3.8, 4) is 5.75 Å². The van der Waals surface area contributed by atoms with Gasteiger partial charge in [-0.05, 0) is 54.4 Å². The average Bonchev–Trinajstić information content (AvgIpc) is 2.47. The fourth-order valence-corrected chi connectivity index (χ4v) is 3.44. The van der Waals surface area contributed by atoms with Gasteiger partial charge in [0.1, 0.15) is 5.75 Å². The van der Waals surface area contributed by atoms with Crippen molar-refractivity contribution >= 4 is 0 Å². The van der Waals surface area contributed by atoms with Crippen molar-refractivity contribution in [2.45, 2.75) is 32.1 Å². The second kappa shape index (κ2) is 5.32. The first-order valence-electron chi connectivity index (χ1n) is 7.39. The Balaban J connectivity index is 1.84. The maximum atomic E-state index is 5.25. The van der Waals surface area contributed by atoms with Crippen LogP contribution >= 0.6 is 0 Å². The Kier molecular flexibility index (Phi) is 3.52. The number of rotatable bonds is 3. The van der Waals surface area contributed by atoms with Gasteiger partial charge in [0.25, 0.3) is 0 Å². The molecule has 0 radical (unpaired) electrons. The smallest absolute Gasteiger partial charge is 0.118 e. The monoisotopic (exact) mass is 266 g/mol. The molecule has 3 unspecified atom stereocenters. The normalized spacial score (nSPS) is 25.1. The Labute approximate surface area is 121 Å². The lowest BCUT2D eigenvalue weighted by Gasteiger charge is -2.44. The fourth-order valence-electron chi connectivity index (χ4n) is 3.44. The third kappa shape index (κ3) is 2.33. The summed E-state index contributed by atoms with van der Waals surface area (Å²) in [6, 6.07) is 17.6. The molecule has 1 nitrogen and oxygen atoms in total. The molecule has 0 bridgehead atoms. The van der Waals surface area contributed by atoms with Gasteiger partial charge < -0.3 is 4.74 Å². The van der Waals surface area contributed by atoms with Crippen LogP contribution in [0.1, 0.15) is 41.9 Å². The molecule has 0 aliphatic heterocycles. The highest BCUT2D eigenvalue weighted by molar-refractivity contribution is 5.37. The lowest BCUT2D eigenvalue weighted by atomic mass is 9.60. The van der Waals surface area contributed by atoms with Crippen molar-refractivity contribution in [2.75, 3.05) is 7.11 Å². The van der Waals surface area contributed by atoms with Crippen molar-refractivity contribution in [1.29, 1.82) is 0 Å². The van der Waals surface area contributed by atoms with Crippen LogP contribution < -0.4 is 4.74 Å². The van der Waals surface area contributed by atoms with Gasteiger partial charge in [0.15, 0.2) is 0 Å². The molecule has 0 amide bonds. The standard InChI is InChI=1S/C19H22O/c1-13-4-6-16(7-5-13)19-14(2)12-18(19)15-8-10-17(20-3)11-9-15/h4-11,14,18-19H,12H2,1-3H3. The Morgan fingerprint density at radius 3 is 2.05 bits per heavy atom. The van der Waals surface area contributed by atoms with Crippen LogP contribution in [0.2, 0.25) is 0 Å². The topological polar surface area (TPSA) is 9.23 Å². The van der Waals surface area contributed by atoms with E-state index in [1.807, 2.05) is 0 Å². The lowest BCUT2D eigenvalue weighted by Crippen LogP contribution is -2.30. The summed E-state index contributed by atoms with van der Waals surface area (Å²) in [5, 5.41) is 0. The van der Waals surface area contributed by atoms with E-state index >= 15 is 0 Å². The molecule has 0 aromatic heterocycles. The van der Waals surface area contributed by atoms with Crippen LogP contribution in [-0.2, 0) is 0 Å². The zero-order valence-electron chi connectivity index (χ0n) is 12.5. The number of hydrogen-bond acceptors (Lipinski definition) is 1. The maximum absolute atomic E-state index is 5.25. The highest BCUT2D eigenvalue weighted by Gasteiger charge is 2.39. The first kappa shape index (κ1) is 13.2. The van der Waals surface area contributed by atoms with Crippen LogP contribution in [0.5, 0.6) is 5.75 Å². The minimum absolute atomic E-state index is 0.651. The van der Waals surface area contributed by atoms with Gasteiger partial charge >= 0.3 is 0 Å². The predicted molar refractivity (Wildman–Crippen MR) is 83.4 cm³/mol. The molecule has 1 heteroatoms. The summed E-state index contributed by atoms with van der Waals surface area (Å²) in [4.78, 5) is 0. The molecule has 0 N–H and O–H groups in total. The molecule has 3 atom stereocenters. The lowest BCUT2D eigenvalue weighted by molar-refractivity contribution is 0.227. The molecule has 2 aromatic carbocycles. The van der Waals surface area contributed by atoms with Crippen molar-refractivity contribution in [3.05, 3.63) is 65.2 Å². The first-order valence-corrected chi connectivity index (χ1v) is 7.39. The number of methoxy groups -OCH3 is 1. The molecule has 104 valence electrons. The Morgan fingerprint density at radius 1 is 0.900 bits per heavy atom. The first-order chi connectivity index (χ1) is 9.69. The number of ether oxygens (including phenoxy) is 1. The van der Waals surface area contributed by atoms with E-state index in [0.29, 0.717) is 11.8 Å². The highest BCUT2D eigenvalue weighted by Crippen LogP contribution is 2.53. The van der Waals surface area contributed by atoms with Crippen LogP contribution in [0.25, 0.3) is 0 Å². The maximum Gasteiger partial charge on any atom is 0.118 e.